The molecule has 0 saturated carbocycles. The Bertz CT molecular complexity index is 2090. The quantitative estimate of drug-likeness (QED) is 0.163. The van der Waals surface area contributed by atoms with Gasteiger partial charge in [-0.05, 0) is 84.3 Å². The summed E-state index contributed by atoms with van der Waals surface area (Å²) in [5.74, 6) is -1.38. The van der Waals surface area contributed by atoms with Crippen LogP contribution in [0.3, 0.4) is 0 Å². The second kappa shape index (κ2) is 13.7. The van der Waals surface area contributed by atoms with Gasteiger partial charge in [-0.3, -0.25) is 29.5 Å². The second-order valence-electron chi connectivity index (χ2n) is 10.1. The summed E-state index contributed by atoms with van der Waals surface area (Å²) < 4.78 is 67.9. The lowest BCUT2D eigenvalue weighted by molar-refractivity contribution is -0.117. The Kier molecular flexibility index (Phi) is 9.75. The van der Waals surface area contributed by atoms with Gasteiger partial charge in [0.2, 0.25) is 0 Å². The van der Waals surface area contributed by atoms with Gasteiger partial charge in [0.05, 0.1) is 24.8 Å². The highest BCUT2D eigenvalue weighted by atomic mass is 35.5. The summed E-state index contributed by atoms with van der Waals surface area (Å²) in [5, 5.41) is 0.439. The van der Waals surface area contributed by atoms with Crippen molar-refractivity contribution in [2.75, 3.05) is 29.8 Å². The number of fused-ring (bicyclic) bond motifs is 1. The number of benzene rings is 4. The number of nitrogens with one attached hydrogen (secondary N) is 3. The van der Waals surface area contributed by atoms with E-state index in [2.05, 4.69) is 15.6 Å². The molecule has 0 radical (unpaired) electrons. The van der Waals surface area contributed by atoms with Crippen molar-refractivity contribution < 1.29 is 35.9 Å². The van der Waals surface area contributed by atoms with E-state index >= 15 is 0 Å². The van der Waals surface area contributed by atoms with Crippen molar-refractivity contribution in [1.82, 2.24) is 10.9 Å². The summed E-state index contributed by atoms with van der Waals surface area (Å²) >= 11 is 5.85. The van der Waals surface area contributed by atoms with E-state index in [1.165, 1.54) is 79.2 Å². The number of nitrogens with zero attached hydrogens (tertiary/aromatic N) is 1. The van der Waals surface area contributed by atoms with Gasteiger partial charge in [-0.2, -0.15) is 0 Å². The van der Waals surface area contributed by atoms with Crippen molar-refractivity contribution >= 4 is 60.9 Å². The normalized spacial score (nSPS) is 12.8. The number of hydrogen-bond acceptors (Lipinski definition) is 8. The average Bonchev–Trinajstić information content (AvgIpc) is 3.52. The number of halogens is 1. The van der Waals surface area contributed by atoms with E-state index in [1.54, 1.807) is 12.1 Å². The number of amides is 2. The molecule has 244 valence electrons. The van der Waals surface area contributed by atoms with Crippen molar-refractivity contribution in [2.24, 2.45) is 0 Å². The van der Waals surface area contributed by atoms with Crippen molar-refractivity contribution in [3.63, 3.8) is 0 Å². The predicted molar refractivity (Wildman–Crippen MR) is 178 cm³/mol. The zero-order valence-corrected chi connectivity index (χ0v) is 27.4. The largest absolute Gasteiger partial charge is 0.493 e. The first-order chi connectivity index (χ1) is 22.4. The second-order valence-corrected chi connectivity index (χ2v) is 14.1. The molecule has 0 atom stereocenters. The summed E-state index contributed by atoms with van der Waals surface area (Å²) in [6.45, 7) is 0.253. The first-order valence-corrected chi connectivity index (χ1v) is 17.3. The highest BCUT2D eigenvalue weighted by molar-refractivity contribution is 7.93. The van der Waals surface area contributed by atoms with Crippen LogP contribution in [0.4, 0.5) is 11.4 Å². The van der Waals surface area contributed by atoms with Crippen LogP contribution in [0, 0.1) is 0 Å². The van der Waals surface area contributed by atoms with Crippen LogP contribution in [0.2, 0.25) is 5.02 Å². The van der Waals surface area contributed by atoms with Crippen molar-refractivity contribution in [2.45, 2.75) is 16.2 Å². The first kappa shape index (κ1) is 33.3. The van der Waals surface area contributed by atoms with Crippen molar-refractivity contribution in [1.29, 1.82) is 0 Å². The van der Waals surface area contributed by atoms with Gasteiger partial charge < -0.3 is 9.47 Å². The highest BCUT2D eigenvalue weighted by Crippen LogP contribution is 2.40. The third-order valence-electron chi connectivity index (χ3n) is 7.11. The fourth-order valence-corrected chi connectivity index (χ4v) is 7.79. The molecule has 4 aromatic rings. The Labute approximate surface area is 277 Å². The molecule has 0 bridgehead atoms. The molecule has 3 N–H and O–H groups in total. The zero-order valence-electron chi connectivity index (χ0n) is 25.1. The van der Waals surface area contributed by atoms with E-state index < -0.39 is 31.9 Å². The van der Waals surface area contributed by atoms with Crippen LogP contribution in [0.15, 0.2) is 101 Å². The third kappa shape index (κ3) is 7.35. The number of carbonyl (C=O) groups is 2. The van der Waals surface area contributed by atoms with Crippen LogP contribution in [-0.4, -0.2) is 49.4 Å². The van der Waals surface area contributed by atoms with Crippen LogP contribution < -0.4 is 29.4 Å². The number of para-hydroxylation sites is 1. The molecule has 0 unspecified atom stereocenters. The van der Waals surface area contributed by atoms with E-state index in [-0.39, 0.29) is 39.1 Å². The lowest BCUT2D eigenvalue weighted by atomic mass is 10.2. The van der Waals surface area contributed by atoms with E-state index in [9.17, 15) is 26.4 Å². The standard InChI is InChI=1S/C32H29ClN4O8S2/c1-44-28-18-21(19-29(31(28)45-2)47(42,43)37-17-16-22-6-3-4-9-27(22)37)10-15-30(38)34-35-32(39)23-7-5-8-26(20-23)46(40,41)36-25-13-11-24(33)12-14-25/h3-15,18-20,36H,16-17H2,1-2H3,(H,34,38)(H,35,39). The number of methoxy groups -OCH3 is 2. The van der Waals surface area contributed by atoms with Crippen LogP contribution in [0.1, 0.15) is 21.5 Å². The van der Waals surface area contributed by atoms with Gasteiger partial charge in [-0.25, -0.2) is 16.8 Å². The van der Waals surface area contributed by atoms with Gasteiger partial charge in [0.25, 0.3) is 31.9 Å². The minimum atomic E-state index is -4.09. The summed E-state index contributed by atoms with van der Waals surface area (Å²) in [4.78, 5) is 25.0. The van der Waals surface area contributed by atoms with Crippen molar-refractivity contribution in [3.8, 4) is 11.5 Å². The molecule has 5 rings (SSSR count). The molecular weight excluding hydrogens is 668 g/mol. The average molecular weight is 697 g/mol. The van der Waals surface area contributed by atoms with Gasteiger partial charge in [-0.15, -0.1) is 0 Å². The molecule has 0 spiro atoms. The van der Waals surface area contributed by atoms with Gasteiger partial charge in [0.1, 0.15) is 4.90 Å². The Hall–Kier alpha value is -5.05. The van der Waals surface area contributed by atoms with Crippen LogP contribution in [-0.2, 0) is 31.3 Å². The van der Waals surface area contributed by atoms with E-state index in [4.69, 9.17) is 21.1 Å². The molecule has 1 aliphatic heterocycles. The molecule has 0 aromatic heterocycles. The molecule has 0 fully saturated rings. The minimum absolute atomic E-state index is 0.0124. The maximum atomic E-state index is 13.8. The number of rotatable bonds is 10. The van der Waals surface area contributed by atoms with Crippen molar-refractivity contribution in [3.05, 3.63) is 113 Å². The lowest BCUT2D eigenvalue weighted by Crippen LogP contribution is -2.40. The maximum absolute atomic E-state index is 13.8. The van der Waals surface area contributed by atoms with E-state index in [1.807, 2.05) is 12.1 Å². The van der Waals surface area contributed by atoms with E-state index in [0.29, 0.717) is 22.7 Å². The summed E-state index contributed by atoms with van der Waals surface area (Å²) in [6, 6.07) is 21.4. The summed E-state index contributed by atoms with van der Waals surface area (Å²) in [7, 11) is -5.43. The van der Waals surface area contributed by atoms with Crippen LogP contribution >= 0.6 is 11.6 Å². The maximum Gasteiger partial charge on any atom is 0.269 e. The summed E-state index contributed by atoms with van der Waals surface area (Å²) in [5.41, 5.74) is 6.48. The Morgan fingerprint density at radius 3 is 2.34 bits per heavy atom. The van der Waals surface area contributed by atoms with Gasteiger partial charge >= 0.3 is 0 Å². The molecule has 0 aliphatic carbocycles. The molecule has 12 nitrogen and oxygen atoms in total. The number of anilines is 2. The van der Waals surface area contributed by atoms with Crippen LogP contribution in [0.25, 0.3) is 6.08 Å². The molecular formula is C32H29ClN4O8S2. The Balaban J connectivity index is 1.29. The fraction of sp³-hybridized carbons (Fsp3) is 0.125. The van der Waals surface area contributed by atoms with Gasteiger partial charge in [-0.1, -0.05) is 35.9 Å². The first-order valence-electron chi connectivity index (χ1n) is 14.0. The van der Waals surface area contributed by atoms with Crippen LogP contribution in [0.5, 0.6) is 11.5 Å². The fourth-order valence-electron chi connectivity index (χ4n) is 4.85. The number of ether oxygens (including phenoxy) is 2. The SMILES string of the molecule is COc1cc(C=CC(=O)NNC(=O)c2cccc(S(=O)(=O)Nc3ccc(Cl)cc3)c2)cc(S(=O)(=O)N2CCc3ccccc32)c1OC. The molecule has 1 heterocycles. The molecule has 4 aromatic carbocycles. The Morgan fingerprint density at radius 1 is 0.872 bits per heavy atom. The molecule has 15 heteroatoms. The number of hydrogen-bond donors (Lipinski definition) is 3. The highest BCUT2D eigenvalue weighted by Gasteiger charge is 2.34. The molecule has 0 saturated heterocycles. The monoisotopic (exact) mass is 696 g/mol. The Morgan fingerprint density at radius 2 is 1.62 bits per heavy atom. The van der Waals surface area contributed by atoms with E-state index in [0.717, 1.165) is 17.7 Å². The molecule has 47 heavy (non-hydrogen) atoms. The third-order valence-corrected chi connectivity index (χ3v) is 10.6. The topological polar surface area (TPSA) is 160 Å². The smallest absolute Gasteiger partial charge is 0.269 e. The molecule has 2 amide bonds. The summed E-state index contributed by atoms with van der Waals surface area (Å²) in [6.07, 6.45) is 2.98. The molecule has 1 aliphatic rings. The lowest BCUT2D eigenvalue weighted by Gasteiger charge is -2.22. The minimum Gasteiger partial charge on any atom is -0.493 e. The zero-order chi connectivity index (χ0) is 33.8. The number of hydrazine groups is 1. The van der Waals surface area contributed by atoms with Gasteiger partial charge in [0, 0.05) is 28.9 Å². The van der Waals surface area contributed by atoms with Gasteiger partial charge in [0.15, 0.2) is 11.5 Å². The predicted octanol–water partition coefficient (Wildman–Crippen LogP) is 4.38. The number of sulfonamides is 2. The number of carbonyl (C=O) groups excluding carboxylic acids is 2.